The number of hydrogen-bond acceptors (Lipinski definition) is 3. The molecule has 1 fully saturated rings. The molecule has 0 amide bonds. The van der Waals surface area contributed by atoms with E-state index in [1.54, 1.807) is 12.1 Å². The van der Waals surface area contributed by atoms with E-state index in [-0.39, 0.29) is 29.1 Å². The fraction of sp³-hybridized carbons (Fsp3) is 0.455. The second-order valence-corrected chi connectivity index (χ2v) is 4.07. The Hall–Kier alpha value is -1.13. The maximum Gasteiger partial charge on any atom is 0.269 e. The Kier molecular flexibility index (Phi) is 4.26. The van der Waals surface area contributed by atoms with Crippen molar-refractivity contribution in [1.29, 1.82) is 0 Å². The molecule has 16 heavy (non-hydrogen) atoms. The van der Waals surface area contributed by atoms with Crippen LogP contribution in [0.25, 0.3) is 0 Å². The summed E-state index contributed by atoms with van der Waals surface area (Å²) in [5.74, 6) is 0.506. The zero-order chi connectivity index (χ0) is 10.8. The van der Waals surface area contributed by atoms with Crippen molar-refractivity contribution in [2.45, 2.75) is 25.3 Å². The lowest BCUT2D eigenvalue weighted by molar-refractivity contribution is -0.384. The molecule has 1 saturated carbocycles. The van der Waals surface area contributed by atoms with Gasteiger partial charge in [-0.05, 0) is 24.3 Å². The van der Waals surface area contributed by atoms with Gasteiger partial charge in [0, 0.05) is 18.2 Å². The molecule has 88 valence electrons. The second-order valence-electron chi connectivity index (χ2n) is 4.07. The third-order valence-electron chi connectivity index (χ3n) is 3.12. The average molecular weight is 243 g/mol. The van der Waals surface area contributed by atoms with Crippen molar-refractivity contribution in [3.63, 3.8) is 0 Å². The summed E-state index contributed by atoms with van der Waals surface area (Å²) in [5, 5.41) is 10.6. The standard InChI is InChI=1S/C11H14N2O2.ClH/c12-11(8-3-1-4-8)9-5-2-6-10(7-9)13(14)15;/h2,5-8,11H,1,3-4,12H2;1H/t11-;/m1./s1. The monoisotopic (exact) mass is 242 g/mol. The molecular formula is C11H15ClN2O2. The highest BCUT2D eigenvalue weighted by Crippen LogP contribution is 2.36. The highest BCUT2D eigenvalue weighted by molar-refractivity contribution is 5.85. The highest BCUT2D eigenvalue weighted by Gasteiger charge is 2.26. The topological polar surface area (TPSA) is 69.2 Å². The fourth-order valence-electron chi connectivity index (χ4n) is 1.92. The van der Waals surface area contributed by atoms with Gasteiger partial charge in [0.2, 0.25) is 0 Å². The van der Waals surface area contributed by atoms with Gasteiger partial charge in [-0.1, -0.05) is 18.6 Å². The SMILES string of the molecule is Cl.N[C@@H](c1cccc([N+](=O)[O-])c1)C1CCC1. The number of nitro benzene ring substituents is 1. The van der Waals surface area contributed by atoms with Crippen LogP contribution in [0.15, 0.2) is 24.3 Å². The normalized spacial score (nSPS) is 17.1. The Balaban J connectivity index is 0.00000128. The lowest BCUT2D eigenvalue weighted by atomic mass is 9.77. The molecular weight excluding hydrogens is 228 g/mol. The summed E-state index contributed by atoms with van der Waals surface area (Å²) in [5.41, 5.74) is 7.06. The molecule has 5 heteroatoms. The molecule has 0 aromatic heterocycles. The van der Waals surface area contributed by atoms with Crippen LogP contribution < -0.4 is 5.73 Å². The minimum Gasteiger partial charge on any atom is -0.324 e. The molecule has 0 saturated heterocycles. The Morgan fingerprint density at radius 3 is 2.62 bits per heavy atom. The molecule has 2 rings (SSSR count). The van der Waals surface area contributed by atoms with Crippen LogP contribution in [0, 0.1) is 16.0 Å². The first-order valence-corrected chi connectivity index (χ1v) is 5.18. The van der Waals surface area contributed by atoms with E-state index in [4.69, 9.17) is 5.73 Å². The molecule has 0 spiro atoms. The largest absolute Gasteiger partial charge is 0.324 e. The Morgan fingerprint density at radius 1 is 1.44 bits per heavy atom. The van der Waals surface area contributed by atoms with E-state index >= 15 is 0 Å². The molecule has 1 aromatic carbocycles. The summed E-state index contributed by atoms with van der Waals surface area (Å²) in [6, 6.07) is 6.61. The molecule has 1 aliphatic carbocycles. The average Bonchev–Trinajstić information content (AvgIpc) is 2.15. The first-order valence-electron chi connectivity index (χ1n) is 5.18. The summed E-state index contributed by atoms with van der Waals surface area (Å²) in [4.78, 5) is 10.2. The summed E-state index contributed by atoms with van der Waals surface area (Å²) in [7, 11) is 0. The van der Waals surface area contributed by atoms with Crippen molar-refractivity contribution in [3.05, 3.63) is 39.9 Å². The van der Waals surface area contributed by atoms with Gasteiger partial charge in [0.05, 0.1) is 4.92 Å². The maximum atomic E-state index is 10.6. The molecule has 1 aromatic rings. The number of halogens is 1. The third kappa shape index (κ3) is 2.51. The number of rotatable bonds is 3. The van der Waals surface area contributed by atoms with Gasteiger partial charge in [0.15, 0.2) is 0 Å². The van der Waals surface area contributed by atoms with Gasteiger partial charge in [-0.25, -0.2) is 0 Å². The number of nitrogens with two attached hydrogens (primary N) is 1. The molecule has 1 atom stereocenters. The maximum absolute atomic E-state index is 10.6. The van der Waals surface area contributed by atoms with Gasteiger partial charge >= 0.3 is 0 Å². The Morgan fingerprint density at radius 2 is 2.12 bits per heavy atom. The highest BCUT2D eigenvalue weighted by atomic mass is 35.5. The second kappa shape index (κ2) is 5.27. The number of benzene rings is 1. The number of non-ortho nitro benzene ring substituents is 1. The van der Waals surface area contributed by atoms with Gasteiger partial charge in [-0.3, -0.25) is 10.1 Å². The Labute approximate surface area is 100 Å². The van der Waals surface area contributed by atoms with Crippen LogP contribution in [0.2, 0.25) is 0 Å². The number of hydrogen-bond donors (Lipinski definition) is 1. The molecule has 2 N–H and O–H groups in total. The van der Waals surface area contributed by atoms with E-state index in [2.05, 4.69) is 0 Å². The van der Waals surface area contributed by atoms with Gasteiger partial charge in [-0.15, -0.1) is 12.4 Å². The van der Waals surface area contributed by atoms with Crippen molar-refractivity contribution >= 4 is 18.1 Å². The lowest BCUT2D eigenvalue weighted by Gasteiger charge is -2.31. The zero-order valence-electron chi connectivity index (χ0n) is 8.83. The van der Waals surface area contributed by atoms with Crippen LogP contribution in [0.5, 0.6) is 0 Å². The quantitative estimate of drug-likeness (QED) is 0.655. The summed E-state index contributed by atoms with van der Waals surface area (Å²) >= 11 is 0. The zero-order valence-corrected chi connectivity index (χ0v) is 9.65. The van der Waals surface area contributed by atoms with Gasteiger partial charge in [0.1, 0.15) is 0 Å². The third-order valence-corrected chi connectivity index (χ3v) is 3.12. The van der Waals surface area contributed by atoms with Gasteiger partial charge in [0.25, 0.3) is 5.69 Å². The molecule has 0 aliphatic heterocycles. The smallest absolute Gasteiger partial charge is 0.269 e. The predicted octanol–water partition coefficient (Wildman–Crippen LogP) is 2.82. The predicted molar refractivity (Wildman–Crippen MR) is 64.6 cm³/mol. The van der Waals surface area contributed by atoms with Crippen LogP contribution in [0.3, 0.4) is 0 Å². The van der Waals surface area contributed by atoms with Crippen LogP contribution in [-0.2, 0) is 0 Å². The number of nitro groups is 1. The molecule has 0 unspecified atom stereocenters. The molecule has 0 bridgehead atoms. The summed E-state index contributed by atoms with van der Waals surface area (Å²) < 4.78 is 0. The van der Waals surface area contributed by atoms with Gasteiger partial charge < -0.3 is 5.73 Å². The van der Waals surface area contributed by atoms with E-state index in [1.165, 1.54) is 12.5 Å². The van der Waals surface area contributed by atoms with Crippen molar-refractivity contribution in [2.24, 2.45) is 11.7 Å². The van der Waals surface area contributed by atoms with E-state index in [9.17, 15) is 10.1 Å². The summed E-state index contributed by atoms with van der Waals surface area (Å²) in [6.07, 6.45) is 3.51. The van der Waals surface area contributed by atoms with E-state index in [0.717, 1.165) is 18.4 Å². The number of nitrogens with zero attached hydrogens (tertiary/aromatic N) is 1. The molecule has 0 radical (unpaired) electrons. The van der Waals surface area contributed by atoms with E-state index < -0.39 is 0 Å². The summed E-state index contributed by atoms with van der Waals surface area (Å²) in [6.45, 7) is 0. The van der Waals surface area contributed by atoms with Crippen molar-refractivity contribution in [1.82, 2.24) is 0 Å². The van der Waals surface area contributed by atoms with E-state index in [0.29, 0.717) is 5.92 Å². The van der Waals surface area contributed by atoms with Crippen molar-refractivity contribution in [2.75, 3.05) is 0 Å². The molecule has 4 nitrogen and oxygen atoms in total. The van der Waals surface area contributed by atoms with Crippen LogP contribution >= 0.6 is 12.4 Å². The van der Waals surface area contributed by atoms with Crippen LogP contribution in [0.1, 0.15) is 30.9 Å². The lowest BCUT2D eigenvalue weighted by Crippen LogP contribution is -2.26. The molecule has 1 aliphatic rings. The Bertz CT molecular complexity index is 380. The minimum atomic E-state index is -0.378. The molecule has 0 heterocycles. The minimum absolute atomic E-state index is 0. The van der Waals surface area contributed by atoms with Crippen molar-refractivity contribution in [3.8, 4) is 0 Å². The first-order chi connectivity index (χ1) is 7.18. The first kappa shape index (κ1) is 12.9. The van der Waals surface area contributed by atoms with Gasteiger partial charge in [-0.2, -0.15) is 0 Å². The van der Waals surface area contributed by atoms with Crippen LogP contribution in [0.4, 0.5) is 5.69 Å². The van der Waals surface area contributed by atoms with E-state index in [1.807, 2.05) is 6.07 Å². The van der Waals surface area contributed by atoms with Crippen molar-refractivity contribution < 1.29 is 4.92 Å². The fourth-order valence-corrected chi connectivity index (χ4v) is 1.92. The van der Waals surface area contributed by atoms with Crippen LogP contribution in [-0.4, -0.2) is 4.92 Å².